The number of hydrogen-bond donors (Lipinski definition) is 1. The molecule has 0 spiro atoms. The van der Waals surface area contributed by atoms with Gasteiger partial charge in [-0.05, 0) is 42.0 Å². The van der Waals surface area contributed by atoms with Crippen LogP contribution < -0.4 is 0 Å². The third-order valence-electron chi connectivity index (χ3n) is 2.79. The van der Waals surface area contributed by atoms with Gasteiger partial charge in [-0.25, -0.2) is 0 Å². The van der Waals surface area contributed by atoms with Crippen LogP contribution in [0.25, 0.3) is 0 Å². The van der Waals surface area contributed by atoms with Crippen LogP contribution >= 0.6 is 24.2 Å². The molecule has 0 unspecified atom stereocenters. The van der Waals surface area contributed by atoms with Gasteiger partial charge in [0, 0.05) is 29.1 Å². The number of carbonyl (C=O) groups excluding carboxylic acids is 1. The molecule has 1 amide bonds. The predicted molar refractivity (Wildman–Crippen MR) is 80.9 cm³/mol. The second-order valence-corrected chi connectivity index (χ2v) is 5.29. The van der Waals surface area contributed by atoms with Crippen LogP contribution in [-0.4, -0.2) is 17.9 Å². The predicted octanol–water partition coefficient (Wildman–Crippen LogP) is 3.90. The molecular formula is C15H14ClNOS. The van der Waals surface area contributed by atoms with Crippen LogP contribution in [0.5, 0.6) is 0 Å². The minimum absolute atomic E-state index is 0.0108. The number of thiol groups is 1. The maximum Gasteiger partial charge on any atom is 0.253 e. The zero-order chi connectivity index (χ0) is 13.8. The van der Waals surface area contributed by atoms with Gasteiger partial charge in [0.05, 0.1) is 0 Å². The molecule has 0 heterocycles. The van der Waals surface area contributed by atoms with Crippen LogP contribution in [0.4, 0.5) is 0 Å². The summed E-state index contributed by atoms with van der Waals surface area (Å²) in [6.45, 7) is 0.554. The third-order valence-corrected chi connectivity index (χ3v) is 3.34. The summed E-state index contributed by atoms with van der Waals surface area (Å²) >= 11 is 10.0. The van der Waals surface area contributed by atoms with Gasteiger partial charge < -0.3 is 4.90 Å². The van der Waals surface area contributed by atoms with Gasteiger partial charge in [0.1, 0.15) is 0 Å². The zero-order valence-corrected chi connectivity index (χ0v) is 12.2. The minimum atomic E-state index is -0.0108. The number of amides is 1. The Morgan fingerprint density at radius 3 is 2.26 bits per heavy atom. The van der Waals surface area contributed by atoms with Crippen LogP contribution in [0.1, 0.15) is 15.9 Å². The largest absolute Gasteiger partial charge is 0.337 e. The second kappa shape index (κ2) is 6.13. The van der Waals surface area contributed by atoms with E-state index in [1.54, 1.807) is 24.1 Å². The van der Waals surface area contributed by atoms with Gasteiger partial charge in [-0.2, -0.15) is 0 Å². The molecule has 2 aromatic carbocycles. The van der Waals surface area contributed by atoms with Gasteiger partial charge in [0.25, 0.3) is 5.91 Å². The van der Waals surface area contributed by atoms with Crippen LogP contribution in [0.2, 0.25) is 5.02 Å². The Bertz CT molecular complexity index is 566. The molecule has 2 nitrogen and oxygen atoms in total. The monoisotopic (exact) mass is 291 g/mol. The summed E-state index contributed by atoms with van der Waals surface area (Å²) in [5.41, 5.74) is 1.71. The first-order chi connectivity index (χ1) is 9.06. The van der Waals surface area contributed by atoms with Crippen molar-refractivity contribution in [2.24, 2.45) is 0 Å². The van der Waals surface area contributed by atoms with Crippen molar-refractivity contribution in [2.75, 3.05) is 7.05 Å². The highest BCUT2D eigenvalue weighted by Gasteiger charge is 2.11. The van der Waals surface area contributed by atoms with E-state index < -0.39 is 0 Å². The Morgan fingerprint density at radius 1 is 1.11 bits per heavy atom. The molecule has 98 valence electrons. The van der Waals surface area contributed by atoms with Crippen molar-refractivity contribution < 1.29 is 4.79 Å². The fourth-order valence-electron chi connectivity index (χ4n) is 1.76. The topological polar surface area (TPSA) is 20.3 Å². The first-order valence-corrected chi connectivity index (χ1v) is 6.68. The SMILES string of the molecule is CN(Cc1ccc(Cl)cc1)C(=O)c1ccc(S)cc1. The first kappa shape index (κ1) is 14.0. The van der Waals surface area contributed by atoms with Crippen LogP contribution in [0.3, 0.4) is 0 Å². The molecular weight excluding hydrogens is 278 g/mol. The molecule has 0 N–H and O–H groups in total. The van der Waals surface area contributed by atoms with Crippen molar-refractivity contribution in [1.82, 2.24) is 4.90 Å². The van der Waals surface area contributed by atoms with E-state index in [0.29, 0.717) is 17.1 Å². The maximum absolute atomic E-state index is 12.2. The number of hydrogen-bond acceptors (Lipinski definition) is 2. The molecule has 0 radical (unpaired) electrons. The molecule has 0 aliphatic carbocycles. The van der Waals surface area contributed by atoms with Gasteiger partial charge in [0.2, 0.25) is 0 Å². The normalized spacial score (nSPS) is 10.3. The van der Waals surface area contributed by atoms with E-state index in [2.05, 4.69) is 12.6 Å². The van der Waals surface area contributed by atoms with Crippen LogP contribution in [-0.2, 0) is 6.54 Å². The lowest BCUT2D eigenvalue weighted by Crippen LogP contribution is -2.26. The molecule has 0 saturated carbocycles. The zero-order valence-electron chi connectivity index (χ0n) is 10.5. The van der Waals surface area contributed by atoms with Gasteiger partial charge in [-0.15, -0.1) is 12.6 Å². The summed E-state index contributed by atoms with van der Waals surface area (Å²) in [6.07, 6.45) is 0. The summed E-state index contributed by atoms with van der Waals surface area (Å²) in [6, 6.07) is 14.7. The molecule has 19 heavy (non-hydrogen) atoms. The lowest BCUT2D eigenvalue weighted by molar-refractivity contribution is 0.0785. The van der Waals surface area contributed by atoms with E-state index in [1.165, 1.54) is 0 Å². The molecule has 0 aromatic heterocycles. The molecule has 4 heteroatoms. The summed E-state index contributed by atoms with van der Waals surface area (Å²) in [7, 11) is 1.78. The Labute approximate surface area is 123 Å². The van der Waals surface area contributed by atoms with Crippen molar-refractivity contribution in [1.29, 1.82) is 0 Å². The van der Waals surface area contributed by atoms with Crippen molar-refractivity contribution in [2.45, 2.75) is 11.4 Å². The quantitative estimate of drug-likeness (QED) is 0.851. The molecule has 0 aliphatic rings. The molecule has 0 atom stereocenters. The Hall–Kier alpha value is -1.45. The van der Waals surface area contributed by atoms with E-state index in [9.17, 15) is 4.79 Å². The molecule has 2 rings (SSSR count). The highest BCUT2D eigenvalue weighted by molar-refractivity contribution is 7.80. The summed E-state index contributed by atoms with van der Waals surface area (Å²) < 4.78 is 0. The standard InChI is InChI=1S/C15H14ClNOS/c1-17(10-11-2-6-13(16)7-3-11)15(18)12-4-8-14(19)9-5-12/h2-9,19H,10H2,1H3. The number of halogens is 1. The van der Waals surface area contributed by atoms with E-state index in [-0.39, 0.29) is 5.91 Å². The molecule has 0 aliphatic heterocycles. The average Bonchev–Trinajstić information content (AvgIpc) is 2.41. The number of benzene rings is 2. The summed E-state index contributed by atoms with van der Waals surface area (Å²) in [4.78, 5) is 14.7. The van der Waals surface area contributed by atoms with E-state index in [1.807, 2.05) is 36.4 Å². The van der Waals surface area contributed by atoms with Crippen LogP contribution in [0, 0.1) is 0 Å². The van der Waals surface area contributed by atoms with Gasteiger partial charge in [-0.3, -0.25) is 4.79 Å². The number of carbonyl (C=O) groups is 1. The highest BCUT2D eigenvalue weighted by atomic mass is 35.5. The van der Waals surface area contributed by atoms with Gasteiger partial charge in [-0.1, -0.05) is 23.7 Å². The smallest absolute Gasteiger partial charge is 0.253 e. The van der Waals surface area contributed by atoms with E-state index in [0.717, 1.165) is 10.5 Å². The van der Waals surface area contributed by atoms with Gasteiger partial charge >= 0.3 is 0 Å². The minimum Gasteiger partial charge on any atom is -0.337 e. The number of nitrogens with zero attached hydrogens (tertiary/aromatic N) is 1. The number of rotatable bonds is 3. The Kier molecular flexibility index (Phi) is 4.51. The van der Waals surface area contributed by atoms with Crippen LogP contribution in [0.15, 0.2) is 53.4 Å². The third kappa shape index (κ3) is 3.75. The van der Waals surface area contributed by atoms with Crippen molar-refractivity contribution in [3.63, 3.8) is 0 Å². The van der Waals surface area contributed by atoms with Crippen molar-refractivity contribution in [3.8, 4) is 0 Å². The maximum atomic E-state index is 12.2. The molecule has 0 bridgehead atoms. The summed E-state index contributed by atoms with van der Waals surface area (Å²) in [5.74, 6) is -0.0108. The fraction of sp³-hybridized carbons (Fsp3) is 0.133. The lowest BCUT2D eigenvalue weighted by Gasteiger charge is -2.17. The lowest BCUT2D eigenvalue weighted by atomic mass is 10.1. The molecule has 0 fully saturated rings. The van der Waals surface area contributed by atoms with Gasteiger partial charge in [0.15, 0.2) is 0 Å². The van der Waals surface area contributed by atoms with Crippen molar-refractivity contribution >= 4 is 30.1 Å². The van der Waals surface area contributed by atoms with E-state index >= 15 is 0 Å². The summed E-state index contributed by atoms with van der Waals surface area (Å²) in [5, 5.41) is 0.696. The Morgan fingerprint density at radius 2 is 1.68 bits per heavy atom. The van der Waals surface area contributed by atoms with E-state index in [4.69, 9.17) is 11.6 Å². The average molecular weight is 292 g/mol. The highest BCUT2D eigenvalue weighted by Crippen LogP contribution is 2.13. The van der Waals surface area contributed by atoms with Crippen molar-refractivity contribution in [3.05, 3.63) is 64.7 Å². The fourth-order valence-corrected chi connectivity index (χ4v) is 2.03. The first-order valence-electron chi connectivity index (χ1n) is 5.85. The molecule has 2 aromatic rings. The molecule has 0 saturated heterocycles. The Balaban J connectivity index is 2.07. The second-order valence-electron chi connectivity index (χ2n) is 4.33.